The summed E-state index contributed by atoms with van der Waals surface area (Å²) in [6.07, 6.45) is 1.00. The van der Waals surface area contributed by atoms with Crippen LogP contribution in [0.5, 0.6) is 0 Å². The Hall–Kier alpha value is -3.08. The minimum Gasteiger partial charge on any atom is -0.461 e. The van der Waals surface area contributed by atoms with Gasteiger partial charge in [-0.25, -0.2) is 4.39 Å². The largest absolute Gasteiger partial charge is 0.461 e. The second-order valence-electron chi connectivity index (χ2n) is 6.95. The Bertz CT molecular complexity index is 931. The average molecular weight is 378 g/mol. The number of halogens is 1. The van der Waals surface area contributed by atoms with E-state index in [4.69, 9.17) is 4.42 Å². The highest BCUT2D eigenvalue weighted by Gasteiger charge is 2.22. The van der Waals surface area contributed by atoms with Crippen LogP contribution in [-0.4, -0.2) is 37.0 Å². The summed E-state index contributed by atoms with van der Waals surface area (Å²) in [7, 11) is 0. The molecule has 1 aromatic heterocycles. The smallest absolute Gasteiger partial charge is 0.223 e. The maximum Gasteiger partial charge on any atom is 0.223 e. The Balaban J connectivity index is 1.28. The van der Waals surface area contributed by atoms with Gasteiger partial charge in [-0.2, -0.15) is 0 Å². The van der Waals surface area contributed by atoms with Crippen molar-refractivity contribution in [1.29, 1.82) is 0 Å². The van der Waals surface area contributed by atoms with Crippen LogP contribution < -0.4 is 4.90 Å². The third-order valence-corrected chi connectivity index (χ3v) is 5.13. The monoisotopic (exact) mass is 378 g/mol. The normalized spacial score (nSPS) is 14.3. The van der Waals surface area contributed by atoms with Crippen LogP contribution in [0, 0.1) is 5.82 Å². The zero-order valence-electron chi connectivity index (χ0n) is 15.7. The molecule has 0 bridgehead atoms. The molecule has 2 heterocycles. The van der Waals surface area contributed by atoms with Crippen molar-refractivity contribution in [1.82, 2.24) is 4.90 Å². The SMILES string of the molecule is O=C(CCc1ccc(-c2ccccc2)o1)N1CCN(c2ccccc2F)CC1. The van der Waals surface area contributed by atoms with E-state index in [1.165, 1.54) is 6.07 Å². The van der Waals surface area contributed by atoms with E-state index >= 15 is 0 Å². The number of hydrogen-bond acceptors (Lipinski definition) is 3. The van der Waals surface area contributed by atoms with E-state index < -0.39 is 0 Å². The Morgan fingerprint density at radius 1 is 0.893 bits per heavy atom. The highest BCUT2D eigenvalue weighted by Crippen LogP contribution is 2.23. The molecule has 1 saturated heterocycles. The van der Waals surface area contributed by atoms with Crippen LogP contribution in [0.15, 0.2) is 71.1 Å². The van der Waals surface area contributed by atoms with Gasteiger partial charge in [0.15, 0.2) is 0 Å². The van der Waals surface area contributed by atoms with E-state index in [1.807, 2.05) is 58.3 Å². The lowest BCUT2D eigenvalue weighted by Crippen LogP contribution is -2.49. The molecule has 1 amide bonds. The molecule has 5 heteroatoms. The number of para-hydroxylation sites is 1. The number of furan rings is 1. The van der Waals surface area contributed by atoms with Gasteiger partial charge in [-0.15, -0.1) is 0 Å². The molecular formula is C23H23FN2O2. The van der Waals surface area contributed by atoms with Gasteiger partial charge < -0.3 is 14.2 Å². The number of piperazine rings is 1. The summed E-state index contributed by atoms with van der Waals surface area (Å²) in [5.41, 5.74) is 1.64. The minimum absolute atomic E-state index is 0.117. The van der Waals surface area contributed by atoms with E-state index in [0.717, 1.165) is 17.1 Å². The van der Waals surface area contributed by atoms with Gasteiger partial charge in [-0.3, -0.25) is 4.79 Å². The molecule has 2 aromatic carbocycles. The Kier molecular flexibility index (Phi) is 5.42. The highest BCUT2D eigenvalue weighted by atomic mass is 19.1. The molecule has 3 aromatic rings. The summed E-state index contributed by atoms with van der Waals surface area (Å²) < 4.78 is 19.8. The summed E-state index contributed by atoms with van der Waals surface area (Å²) in [5.74, 6) is 1.54. The van der Waals surface area contributed by atoms with Gasteiger partial charge in [0.05, 0.1) is 5.69 Å². The van der Waals surface area contributed by atoms with Crippen molar-refractivity contribution >= 4 is 11.6 Å². The molecule has 0 radical (unpaired) electrons. The number of nitrogens with zero attached hydrogens (tertiary/aromatic N) is 2. The van der Waals surface area contributed by atoms with Gasteiger partial charge in [0.1, 0.15) is 17.3 Å². The van der Waals surface area contributed by atoms with Gasteiger partial charge in [0.2, 0.25) is 5.91 Å². The van der Waals surface area contributed by atoms with Crippen molar-refractivity contribution in [3.05, 3.63) is 78.3 Å². The first-order chi connectivity index (χ1) is 13.7. The quantitative estimate of drug-likeness (QED) is 0.662. The van der Waals surface area contributed by atoms with E-state index in [0.29, 0.717) is 44.7 Å². The third kappa shape index (κ3) is 4.09. The Morgan fingerprint density at radius 3 is 2.36 bits per heavy atom. The molecule has 0 unspecified atom stereocenters. The second-order valence-corrected chi connectivity index (χ2v) is 6.95. The molecule has 4 rings (SSSR count). The number of carbonyl (C=O) groups is 1. The first-order valence-corrected chi connectivity index (χ1v) is 9.62. The van der Waals surface area contributed by atoms with Crippen molar-refractivity contribution in [2.24, 2.45) is 0 Å². The summed E-state index contributed by atoms with van der Waals surface area (Å²) in [6, 6.07) is 20.6. The highest BCUT2D eigenvalue weighted by molar-refractivity contribution is 5.76. The number of anilines is 1. The fourth-order valence-electron chi connectivity index (χ4n) is 3.56. The summed E-state index contributed by atoms with van der Waals surface area (Å²) >= 11 is 0. The van der Waals surface area contributed by atoms with E-state index in [-0.39, 0.29) is 11.7 Å². The molecule has 4 nitrogen and oxygen atoms in total. The first kappa shape index (κ1) is 18.3. The topological polar surface area (TPSA) is 36.7 Å². The average Bonchev–Trinajstić information content (AvgIpc) is 3.22. The van der Waals surface area contributed by atoms with Gasteiger partial charge >= 0.3 is 0 Å². The van der Waals surface area contributed by atoms with Crippen LogP contribution in [0.2, 0.25) is 0 Å². The van der Waals surface area contributed by atoms with Crippen LogP contribution in [0.3, 0.4) is 0 Å². The third-order valence-electron chi connectivity index (χ3n) is 5.13. The molecule has 28 heavy (non-hydrogen) atoms. The number of amides is 1. The van der Waals surface area contributed by atoms with Crippen molar-refractivity contribution in [3.63, 3.8) is 0 Å². The number of hydrogen-bond donors (Lipinski definition) is 0. The molecule has 0 spiro atoms. The molecule has 0 N–H and O–H groups in total. The molecule has 0 atom stereocenters. The predicted molar refractivity (Wildman–Crippen MR) is 108 cm³/mol. The molecule has 144 valence electrons. The molecule has 0 saturated carbocycles. The zero-order chi connectivity index (χ0) is 19.3. The van der Waals surface area contributed by atoms with Crippen molar-refractivity contribution in [2.75, 3.05) is 31.1 Å². The lowest BCUT2D eigenvalue weighted by atomic mass is 10.2. The van der Waals surface area contributed by atoms with Crippen LogP contribution in [0.4, 0.5) is 10.1 Å². The van der Waals surface area contributed by atoms with E-state index in [9.17, 15) is 9.18 Å². The van der Waals surface area contributed by atoms with Gasteiger partial charge in [-0.1, -0.05) is 42.5 Å². The standard InChI is InChI=1S/C23H23FN2O2/c24-20-8-4-5-9-21(20)25-14-16-26(17-15-25)23(27)13-11-19-10-12-22(28-19)18-6-2-1-3-7-18/h1-10,12H,11,13-17H2. The van der Waals surface area contributed by atoms with Crippen molar-refractivity contribution in [3.8, 4) is 11.3 Å². The van der Waals surface area contributed by atoms with Gasteiger partial charge in [0, 0.05) is 44.6 Å². The minimum atomic E-state index is -0.214. The fraction of sp³-hybridized carbons (Fsp3) is 0.261. The summed E-state index contributed by atoms with van der Waals surface area (Å²) in [4.78, 5) is 16.4. The van der Waals surface area contributed by atoms with Crippen molar-refractivity contribution < 1.29 is 13.6 Å². The number of aryl methyl sites for hydroxylation is 1. The molecule has 1 fully saturated rings. The Labute approximate surface area is 164 Å². The van der Waals surface area contributed by atoms with Crippen molar-refractivity contribution in [2.45, 2.75) is 12.8 Å². The fourth-order valence-corrected chi connectivity index (χ4v) is 3.56. The zero-order valence-corrected chi connectivity index (χ0v) is 15.7. The van der Waals surface area contributed by atoms with Crippen LogP contribution in [0.25, 0.3) is 11.3 Å². The lowest BCUT2D eigenvalue weighted by molar-refractivity contribution is -0.131. The lowest BCUT2D eigenvalue weighted by Gasteiger charge is -2.36. The molecule has 0 aliphatic carbocycles. The molecular weight excluding hydrogens is 355 g/mol. The summed E-state index contributed by atoms with van der Waals surface area (Å²) in [5, 5.41) is 0. The Morgan fingerprint density at radius 2 is 1.61 bits per heavy atom. The number of carbonyl (C=O) groups excluding carboxylic acids is 1. The van der Waals surface area contributed by atoms with Gasteiger partial charge in [-0.05, 0) is 24.3 Å². The van der Waals surface area contributed by atoms with Crippen LogP contribution >= 0.6 is 0 Å². The molecule has 1 aliphatic heterocycles. The number of benzene rings is 2. The van der Waals surface area contributed by atoms with E-state index in [2.05, 4.69) is 0 Å². The number of rotatable bonds is 5. The van der Waals surface area contributed by atoms with Gasteiger partial charge in [0.25, 0.3) is 0 Å². The predicted octanol–water partition coefficient (Wildman–Crippen LogP) is 4.37. The maximum atomic E-state index is 13.9. The van der Waals surface area contributed by atoms with Crippen LogP contribution in [-0.2, 0) is 11.2 Å². The first-order valence-electron chi connectivity index (χ1n) is 9.62. The molecule has 1 aliphatic rings. The maximum absolute atomic E-state index is 13.9. The van der Waals surface area contributed by atoms with Crippen LogP contribution in [0.1, 0.15) is 12.2 Å². The summed E-state index contributed by atoms with van der Waals surface area (Å²) in [6.45, 7) is 2.51. The second kappa shape index (κ2) is 8.30. The van der Waals surface area contributed by atoms with E-state index in [1.54, 1.807) is 12.1 Å².